The Bertz CT molecular complexity index is 1110. The lowest BCUT2D eigenvalue weighted by Crippen LogP contribution is -2.15. The van der Waals surface area contributed by atoms with Crippen molar-refractivity contribution in [1.29, 1.82) is 0 Å². The molecular formula is C21H22N4O5S. The van der Waals surface area contributed by atoms with E-state index in [4.69, 9.17) is 9.47 Å². The maximum Gasteiger partial charge on any atom is 0.264 e. The third-order valence-electron chi connectivity index (χ3n) is 4.26. The van der Waals surface area contributed by atoms with Crippen LogP contribution in [0.25, 0.3) is 0 Å². The second-order valence-corrected chi connectivity index (χ2v) is 8.05. The zero-order chi connectivity index (χ0) is 22.3. The lowest BCUT2D eigenvalue weighted by atomic mass is 10.1. The van der Waals surface area contributed by atoms with Crippen molar-refractivity contribution in [1.82, 2.24) is 9.97 Å². The predicted molar refractivity (Wildman–Crippen MR) is 116 cm³/mol. The summed E-state index contributed by atoms with van der Waals surface area (Å²) in [5.41, 5.74) is 1.35. The number of methoxy groups -OCH3 is 2. The highest BCUT2D eigenvalue weighted by atomic mass is 32.2. The summed E-state index contributed by atoms with van der Waals surface area (Å²) in [6.45, 7) is 0.426. The molecule has 0 fully saturated rings. The van der Waals surface area contributed by atoms with Crippen molar-refractivity contribution in [3.05, 3.63) is 66.2 Å². The first kappa shape index (κ1) is 22.0. The molecular weight excluding hydrogens is 420 g/mol. The van der Waals surface area contributed by atoms with Crippen LogP contribution in [0.1, 0.15) is 16.8 Å². The van der Waals surface area contributed by atoms with Crippen molar-refractivity contribution in [3.63, 3.8) is 0 Å². The quantitative estimate of drug-likeness (QED) is 0.460. The molecule has 3 aromatic rings. The van der Waals surface area contributed by atoms with E-state index in [1.165, 1.54) is 32.4 Å². The number of ether oxygens (including phenoxy) is 2. The summed E-state index contributed by atoms with van der Waals surface area (Å²) in [5.74, 6) is 0.186. The number of Topliss-reactive ketones (excluding diaryl/α,β-unsaturated/α-hetero) is 1. The van der Waals surface area contributed by atoms with Gasteiger partial charge < -0.3 is 14.8 Å². The largest absolute Gasteiger partial charge is 0.481 e. The maximum absolute atomic E-state index is 12.6. The van der Waals surface area contributed by atoms with Crippen molar-refractivity contribution in [3.8, 4) is 11.8 Å². The number of ketones is 1. The van der Waals surface area contributed by atoms with Gasteiger partial charge in [0.1, 0.15) is 0 Å². The van der Waals surface area contributed by atoms with Crippen LogP contribution < -0.4 is 19.5 Å². The highest BCUT2D eigenvalue weighted by molar-refractivity contribution is 7.92. The topological polar surface area (TPSA) is 120 Å². The van der Waals surface area contributed by atoms with Crippen LogP contribution in [0.15, 0.2) is 65.6 Å². The van der Waals surface area contributed by atoms with Crippen molar-refractivity contribution < 1.29 is 22.7 Å². The fraction of sp³-hybridized carbons (Fsp3) is 0.190. The minimum atomic E-state index is -3.92. The lowest BCUT2D eigenvalue weighted by Gasteiger charge is -2.10. The van der Waals surface area contributed by atoms with Gasteiger partial charge in [-0.05, 0) is 24.3 Å². The summed E-state index contributed by atoms with van der Waals surface area (Å²) >= 11 is 0. The Kier molecular flexibility index (Phi) is 7.03. The Balaban J connectivity index is 1.61. The first-order chi connectivity index (χ1) is 14.9. The molecule has 9 nitrogen and oxygen atoms in total. The Hall–Kier alpha value is -3.66. The molecule has 0 aliphatic rings. The Morgan fingerprint density at radius 2 is 1.55 bits per heavy atom. The average molecular weight is 442 g/mol. The average Bonchev–Trinajstić information content (AvgIpc) is 2.79. The number of anilines is 2. The number of carbonyl (C=O) groups is 1. The molecule has 0 atom stereocenters. The molecule has 1 aromatic heterocycles. The highest BCUT2D eigenvalue weighted by Gasteiger charge is 2.17. The normalized spacial score (nSPS) is 10.9. The van der Waals surface area contributed by atoms with Crippen molar-refractivity contribution in [2.45, 2.75) is 11.3 Å². The smallest absolute Gasteiger partial charge is 0.264 e. The van der Waals surface area contributed by atoms with Crippen LogP contribution in [-0.4, -0.2) is 44.9 Å². The zero-order valence-electron chi connectivity index (χ0n) is 17.0. The first-order valence-electron chi connectivity index (χ1n) is 9.33. The molecule has 0 radical (unpaired) electrons. The van der Waals surface area contributed by atoms with Gasteiger partial charge in [-0.2, -0.15) is 9.97 Å². The van der Waals surface area contributed by atoms with Crippen LogP contribution in [0.2, 0.25) is 0 Å². The van der Waals surface area contributed by atoms with Gasteiger partial charge in [-0.15, -0.1) is 0 Å². The number of rotatable bonds is 10. The number of hydrogen-bond acceptors (Lipinski definition) is 8. The van der Waals surface area contributed by atoms with Crippen molar-refractivity contribution in [2.75, 3.05) is 30.8 Å². The van der Waals surface area contributed by atoms with E-state index in [2.05, 4.69) is 20.0 Å². The zero-order valence-corrected chi connectivity index (χ0v) is 17.8. The standard InChI is InChI=1S/C21H22N4O5S/c1-29-19-14-20(30-2)24-21(23-19)25-31(27,28)17-10-8-16(9-11-17)22-13-12-18(26)15-6-4-3-5-7-15/h3-11,14,22H,12-13H2,1-2H3,(H,23,24,25). The number of nitrogens with zero attached hydrogens (tertiary/aromatic N) is 2. The van der Waals surface area contributed by atoms with Gasteiger partial charge in [0.15, 0.2) is 5.78 Å². The molecule has 0 aliphatic carbocycles. The molecule has 0 bridgehead atoms. The third-order valence-corrected chi connectivity index (χ3v) is 5.61. The van der Waals surface area contributed by atoms with E-state index in [0.717, 1.165) is 0 Å². The number of benzene rings is 2. The molecule has 0 spiro atoms. The van der Waals surface area contributed by atoms with Gasteiger partial charge in [0.2, 0.25) is 17.7 Å². The van der Waals surface area contributed by atoms with Gasteiger partial charge >= 0.3 is 0 Å². The summed E-state index contributed by atoms with van der Waals surface area (Å²) in [5, 5.41) is 3.11. The number of aromatic nitrogens is 2. The molecule has 0 aliphatic heterocycles. The summed E-state index contributed by atoms with van der Waals surface area (Å²) < 4.78 is 37.6. The van der Waals surface area contributed by atoms with Gasteiger partial charge in [-0.25, -0.2) is 13.1 Å². The summed E-state index contributed by atoms with van der Waals surface area (Å²) in [6.07, 6.45) is 0.320. The second kappa shape index (κ2) is 9.90. The van der Waals surface area contributed by atoms with Crippen LogP contribution in [-0.2, 0) is 10.0 Å². The van der Waals surface area contributed by atoms with E-state index in [9.17, 15) is 13.2 Å². The number of nitrogens with one attached hydrogen (secondary N) is 2. The van der Waals surface area contributed by atoms with Crippen LogP contribution >= 0.6 is 0 Å². The molecule has 31 heavy (non-hydrogen) atoms. The summed E-state index contributed by atoms with van der Waals surface area (Å²) in [6, 6.07) is 16.6. The van der Waals surface area contributed by atoms with E-state index in [1.807, 2.05) is 18.2 Å². The molecule has 0 saturated heterocycles. The summed E-state index contributed by atoms with van der Waals surface area (Å²) in [7, 11) is -1.11. The van der Waals surface area contributed by atoms with E-state index < -0.39 is 10.0 Å². The molecule has 0 amide bonds. The van der Waals surface area contributed by atoms with E-state index in [-0.39, 0.29) is 28.4 Å². The van der Waals surface area contributed by atoms with E-state index >= 15 is 0 Å². The second-order valence-electron chi connectivity index (χ2n) is 6.37. The van der Waals surface area contributed by atoms with Gasteiger partial charge in [-0.3, -0.25) is 4.79 Å². The molecule has 3 rings (SSSR count). The third kappa shape index (κ3) is 5.92. The first-order valence-corrected chi connectivity index (χ1v) is 10.8. The fourth-order valence-corrected chi connectivity index (χ4v) is 3.62. The van der Waals surface area contributed by atoms with Gasteiger partial charge in [0, 0.05) is 24.2 Å². The van der Waals surface area contributed by atoms with Crippen LogP contribution in [0, 0.1) is 0 Å². The monoisotopic (exact) mass is 442 g/mol. The fourth-order valence-electron chi connectivity index (χ4n) is 2.68. The minimum absolute atomic E-state index is 0.0313. The molecule has 2 aromatic carbocycles. The van der Waals surface area contributed by atoms with Crippen LogP contribution in [0.3, 0.4) is 0 Å². The molecule has 162 valence electrons. The Morgan fingerprint density at radius 1 is 0.935 bits per heavy atom. The van der Waals surface area contributed by atoms with E-state index in [0.29, 0.717) is 24.2 Å². The predicted octanol–water partition coefficient (Wildman–Crippen LogP) is 2.98. The van der Waals surface area contributed by atoms with E-state index in [1.54, 1.807) is 24.3 Å². The Labute approximate surface area is 180 Å². The molecule has 0 unspecified atom stereocenters. The highest BCUT2D eigenvalue weighted by Crippen LogP contribution is 2.21. The number of sulfonamides is 1. The van der Waals surface area contributed by atoms with Crippen LogP contribution in [0.4, 0.5) is 11.6 Å². The molecule has 1 heterocycles. The Morgan fingerprint density at radius 3 is 2.13 bits per heavy atom. The molecule has 2 N–H and O–H groups in total. The summed E-state index contributed by atoms with van der Waals surface area (Å²) in [4.78, 5) is 20.1. The number of carbonyl (C=O) groups excluding carboxylic acids is 1. The minimum Gasteiger partial charge on any atom is -0.481 e. The van der Waals surface area contributed by atoms with Gasteiger partial charge in [-0.1, -0.05) is 30.3 Å². The SMILES string of the molecule is COc1cc(OC)nc(NS(=O)(=O)c2ccc(NCCC(=O)c3ccccc3)cc2)n1. The lowest BCUT2D eigenvalue weighted by molar-refractivity contribution is 0.0986. The van der Waals surface area contributed by atoms with Gasteiger partial charge in [0.25, 0.3) is 10.0 Å². The molecule has 0 saturated carbocycles. The van der Waals surface area contributed by atoms with Crippen molar-refractivity contribution in [2.24, 2.45) is 0 Å². The van der Waals surface area contributed by atoms with Crippen molar-refractivity contribution >= 4 is 27.4 Å². The van der Waals surface area contributed by atoms with Gasteiger partial charge in [0.05, 0.1) is 25.2 Å². The number of hydrogen-bond donors (Lipinski definition) is 2. The molecule has 10 heteroatoms. The van der Waals surface area contributed by atoms with Crippen LogP contribution in [0.5, 0.6) is 11.8 Å². The maximum atomic E-state index is 12.6.